The molecule has 0 aliphatic heterocycles. The Balaban J connectivity index is 2.52. The molecule has 2 N–H and O–H groups in total. The highest BCUT2D eigenvalue weighted by Gasteiger charge is 2.10. The van der Waals surface area contributed by atoms with Gasteiger partial charge in [0, 0.05) is 10.9 Å². The topological polar surface area (TPSA) is 70.8 Å². The minimum Gasteiger partial charge on any atom is -0.497 e. The number of aryl methyl sites for hydroxylation is 1. The third-order valence-electron chi connectivity index (χ3n) is 2.78. The third-order valence-corrected chi connectivity index (χ3v) is 2.78. The van der Waals surface area contributed by atoms with Gasteiger partial charge in [-0.3, -0.25) is 4.79 Å². The van der Waals surface area contributed by atoms with E-state index in [1.165, 1.54) is 0 Å². The largest absolute Gasteiger partial charge is 0.497 e. The Hall–Kier alpha value is -2.30. The van der Waals surface area contributed by atoms with E-state index in [-0.39, 0.29) is 5.56 Å². The van der Waals surface area contributed by atoms with Crippen LogP contribution in [-0.2, 0) is 0 Å². The molecule has 0 saturated carbocycles. The summed E-state index contributed by atoms with van der Waals surface area (Å²) in [4.78, 5) is 21.9. The Morgan fingerprint density at radius 1 is 1.29 bits per heavy atom. The summed E-state index contributed by atoms with van der Waals surface area (Å²) in [5.74, 6) is 1.35. The molecular formula is C12H11N3O2. The molecule has 0 aliphatic rings. The molecule has 0 bridgehead atoms. The lowest BCUT2D eigenvalue weighted by Crippen LogP contribution is -2.09. The van der Waals surface area contributed by atoms with Crippen molar-refractivity contribution in [2.45, 2.75) is 6.92 Å². The number of benzene rings is 1. The van der Waals surface area contributed by atoms with Gasteiger partial charge < -0.3 is 14.7 Å². The van der Waals surface area contributed by atoms with Crippen molar-refractivity contribution in [3.05, 3.63) is 34.4 Å². The Labute approximate surface area is 96.4 Å². The second-order valence-electron chi connectivity index (χ2n) is 3.91. The summed E-state index contributed by atoms with van der Waals surface area (Å²) in [6.45, 7) is 1.76. The molecule has 0 spiro atoms. The monoisotopic (exact) mass is 229 g/mol. The molecule has 86 valence electrons. The van der Waals surface area contributed by atoms with E-state index in [4.69, 9.17) is 4.74 Å². The quantitative estimate of drug-likeness (QED) is 0.667. The standard InChI is InChI=1S/C12H11N3O2/c1-6-13-10-8-5-7(17-2)3-4-9(8)15-11(10)12(16)14-6/h3-5,15H,1-2H3,(H,13,14,16). The minimum absolute atomic E-state index is 0.150. The lowest BCUT2D eigenvalue weighted by Gasteiger charge is -1.98. The van der Waals surface area contributed by atoms with Crippen molar-refractivity contribution in [3.63, 3.8) is 0 Å². The first-order valence-corrected chi connectivity index (χ1v) is 5.25. The van der Waals surface area contributed by atoms with E-state index in [0.717, 1.165) is 16.7 Å². The highest BCUT2D eigenvalue weighted by Crippen LogP contribution is 2.25. The molecule has 0 fully saturated rings. The lowest BCUT2D eigenvalue weighted by molar-refractivity contribution is 0.415. The summed E-state index contributed by atoms with van der Waals surface area (Å²) in [6, 6.07) is 5.60. The van der Waals surface area contributed by atoms with Crippen LogP contribution >= 0.6 is 0 Å². The number of hydrogen-bond acceptors (Lipinski definition) is 3. The van der Waals surface area contributed by atoms with Crippen molar-refractivity contribution < 1.29 is 4.74 Å². The van der Waals surface area contributed by atoms with Crippen molar-refractivity contribution in [2.75, 3.05) is 7.11 Å². The smallest absolute Gasteiger partial charge is 0.275 e. The summed E-state index contributed by atoms with van der Waals surface area (Å²) >= 11 is 0. The second-order valence-corrected chi connectivity index (χ2v) is 3.91. The van der Waals surface area contributed by atoms with Crippen molar-refractivity contribution >= 4 is 21.9 Å². The maximum Gasteiger partial charge on any atom is 0.275 e. The molecule has 5 heteroatoms. The van der Waals surface area contributed by atoms with Crippen LogP contribution in [0.2, 0.25) is 0 Å². The van der Waals surface area contributed by atoms with E-state index in [0.29, 0.717) is 16.9 Å². The van der Waals surface area contributed by atoms with E-state index >= 15 is 0 Å². The summed E-state index contributed by atoms with van der Waals surface area (Å²) in [5, 5.41) is 0.897. The molecule has 0 saturated heterocycles. The molecule has 0 aliphatic carbocycles. The highest BCUT2D eigenvalue weighted by atomic mass is 16.5. The number of aromatic nitrogens is 3. The zero-order valence-electron chi connectivity index (χ0n) is 9.50. The average Bonchev–Trinajstić information content (AvgIpc) is 2.67. The molecule has 2 heterocycles. The van der Waals surface area contributed by atoms with Crippen molar-refractivity contribution in [1.29, 1.82) is 0 Å². The molecule has 5 nitrogen and oxygen atoms in total. The average molecular weight is 229 g/mol. The van der Waals surface area contributed by atoms with Crippen LogP contribution in [0.5, 0.6) is 5.75 Å². The summed E-state index contributed by atoms with van der Waals surface area (Å²) in [6.07, 6.45) is 0. The Morgan fingerprint density at radius 3 is 2.88 bits per heavy atom. The van der Waals surface area contributed by atoms with Crippen LogP contribution in [0.3, 0.4) is 0 Å². The van der Waals surface area contributed by atoms with Crippen LogP contribution in [0.25, 0.3) is 21.9 Å². The first-order valence-electron chi connectivity index (χ1n) is 5.25. The van der Waals surface area contributed by atoms with Crippen LogP contribution in [-0.4, -0.2) is 22.1 Å². The molecule has 17 heavy (non-hydrogen) atoms. The molecule has 0 unspecified atom stereocenters. The van der Waals surface area contributed by atoms with Crippen molar-refractivity contribution in [1.82, 2.24) is 15.0 Å². The van der Waals surface area contributed by atoms with Gasteiger partial charge in [0.15, 0.2) is 0 Å². The maximum absolute atomic E-state index is 11.8. The molecule has 3 rings (SSSR count). The molecule has 0 atom stereocenters. The van der Waals surface area contributed by atoms with Gasteiger partial charge in [0.05, 0.1) is 7.11 Å². The van der Waals surface area contributed by atoms with Gasteiger partial charge in [0.1, 0.15) is 22.6 Å². The van der Waals surface area contributed by atoms with E-state index in [1.54, 1.807) is 14.0 Å². The highest BCUT2D eigenvalue weighted by molar-refractivity contribution is 6.04. The molecule has 3 aromatic rings. The van der Waals surface area contributed by atoms with Gasteiger partial charge in [-0.1, -0.05) is 0 Å². The van der Waals surface area contributed by atoms with E-state index < -0.39 is 0 Å². The Bertz CT molecular complexity index is 770. The number of fused-ring (bicyclic) bond motifs is 3. The van der Waals surface area contributed by atoms with Gasteiger partial charge in [-0.05, 0) is 25.1 Å². The van der Waals surface area contributed by atoms with Crippen molar-refractivity contribution in [2.24, 2.45) is 0 Å². The van der Waals surface area contributed by atoms with Crippen LogP contribution in [0, 0.1) is 6.92 Å². The van der Waals surface area contributed by atoms with Gasteiger partial charge in [0.25, 0.3) is 5.56 Å². The third kappa shape index (κ3) is 1.39. The summed E-state index contributed by atoms with van der Waals surface area (Å²) < 4.78 is 5.17. The fourth-order valence-corrected chi connectivity index (χ4v) is 1.99. The number of hydrogen-bond donors (Lipinski definition) is 2. The summed E-state index contributed by atoms with van der Waals surface area (Å²) in [5.41, 5.74) is 1.91. The van der Waals surface area contributed by atoms with E-state index in [1.807, 2.05) is 18.2 Å². The fourth-order valence-electron chi connectivity index (χ4n) is 1.99. The van der Waals surface area contributed by atoms with Gasteiger partial charge in [0.2, 0.25) is 0 Å². The second kappa shape index (κ2) is 3.35. The summed E-state index contributed by atoms with van der Waals surface area (Å²) in [7, 11) is 1.61. The molecule has 2 aromatic heterocycles. The van der Waals surface area contributed by atoms with Gasteiger partial charge in [-0.2, -0.15) is 0 Å². The molecular weight excluding hydrogens is 218 g/mol. The van der Waals surface area contributed by atoms with Crippen LogP contribution in [0.15, 0.2) is 23.0 Å². The zero-order chi connectivity index (χ0) is 12.0. The SMILES string of the molecule is COc1ccc2[nH]c3c(=O)[nH]c(C)nc3c2c1. The predicted octanol–water partition coefficient (Wildman–Crippen LogP) is 1.72. The number of nitrogens with zero attached hydrogens (tertiary/aromatic N) is 1. The maximum atomic E-state index is 11.8. The van der Waals surface area contributed by atoms with Crippen LogP contribution in [0.1, 0.15) is 5.82 Å². The number of methoxy groups -OCH3 is 1. The molecule has 0 amide bonds. The van der Waals surface area contributed by atoms with E-state index in [9.17, 15) is 4.79 Å². The molecule has 1 aromatic carbocycles. The number of nitrogens with one attached hydrogen (secondary N) is 2. The van der Waals surface area contributed by atoms with Crippen LogP contribution < -0.4 is 10.3 Å². The van der Waals surface area contributed by atoms with Crippen molar-refractivity contribution in [3.8, 4) is 5.75 Å². The van der Waals surface area contributed by atoms with Gasteiger partial charge in [-0.15, -0.1) is 0 Å². The first kappa shape index (κ1) is 9.89. The van der Waals surface area contributed by atoms with E-state index in [2.05, 4.69) is 15.0 Å². The van der Waals surface area contributed by atoms with Gasteiger partial charge in [-0.25, -0.2) is 4.98 Å². The minimum atomic E-state index is -0.150. The van der Waals surface area contributed by atoms with Crippen LogP contribution in [0.4, 0.5) is 0 Å². The molecule has 0 radical (unpaired) electrons. The first-order chi connectivity index (χ1) is 8.19. The Morgan fingerprint density at radius 2 is 2.12 bits per heavy atom. The lowest BCUT2D eigenvalue weighted by atomic mass is 10.2. The number of aromatic amines is 2. The zero-order valence-corrected chi connectivity index (χ0v) is 9.50. The predicted molar refractivity (Wildman–Crippen MR) is 65.5 cm³/mol. The number of ether oxygens (including phenoxy) is 1. The Kier molecular flexibility index (Phi) is 1.95. The number of H-pyrrole nitrogens is 2. The number of rotatable bonds is 1. The fraction of sp³-hybridized carbons (Fsp3) is 0.167. The normalized spacial score (nSPS) is 11.2. The van der Waals surface area contributed by atoms with Gasteiger partial charge >= 0.3 is 0 Å².